The summed E-state index contributed by atoms with van der Waals surface area (Å²) < 4.78 is 6.58. The Hall–Kier alpha value is -3.86. The van der Waals surface area contributed by atoms with Crippen molar-refractivity contribution in [2.24, 2.45) is 5.73 Å². The van der Waals surface area contributed by atoms with E-state index in [1.807, 2.05) is 31.2 Å². The molecule has 0 aliphatic carbocycles. The van der Waals surface area contributed by atoms with Crippen LogP contribution in [0.2, 0.25) is 0 Å². The molecule has 154 valence electrons. The number of aliphatic hydroxyl groups is 1. The van der Waals surface area contributed by atoms with Crippen molar-refractivity contribution in [3.63, 3.8) is 0 Å². The molecule has 4 aromatic rings. The van der Waals surface area contributed by atoms with Crippen LogP contribution in [-0.4, -0.2) is 40.8 Å². The Morgan fingerprint density at radius 1 is 1.27 bits per heavy atom. The fourth-order valence-electron chi connectivity index (χ4n) is 3.16. The minimum atomic E-state index is -0.805. The van der Waals surface area contributed by atoms with Gasteiger partial charge in [0.05, 0.1) is 18.7 Å². The number of benzene rings is 1. The van der Waals surface area contributed by atoms with Gasteiger partial charge in [-0.25, -0.2) is 4.98 Å². The first kappa shape index (κ1) is 19.5. The molecule has 1 atom stereocenters. The lowest BCUT2D eigenvalue weighted by Crippen LogP contribution is -2.24. The molecule has 1 amide bonds. The van der Waals surface area contributed by atoms with Crippen LogP contribution >= 0.6 is 0 Å². The number of aromatic nitrogens is 6. The summed E-state index contributed by atoms with van der Waals surface area (Å²) in [6.07, 6.45) is 0.473. The van der Waals surface area contributed by atoms with E-state index in [4.69, 9.17) is 10.2 Å². The van der Waals surface area contributed by atoms with E-state index in [1.54, 1.807) is 0 Å². The Morgan fingerprint density at radius 3 is 2.70 bits per heavy atom. The van der Waals surface area contributed by atoms with Gasteiger partial charge in [0.15, 0.2) is 5.82 Å². The standard InChI is InChI=1S/C19H19N7O4/c1-10-3-5-12(6-4-10)13(27)7-26-23-14(22-24-26)8-25-9-21-18-16(19(25)29)15(17(20)28)11(2)30-18/h3-6,9,13,27H,7-8H2,1-2H3,(H2,20,28)/t13-/m0/s1. The number of furan rings is 1. The second kappa shape index (κ2) is 7.52. The Bertz CT molecular complexity index is 1290. The number of carbonyl (C=O) groups is 1. The monoisotopic (exact) mass is 409 g/mol. The fourth-order valence-corrected chi connectivity index (χ4v) is 3.16. The van der Waals surface area contributed by atoms with Gasteiger partial charge in [-0.15, -0.1) is 10.2 Å². The highest BCUT2D eigenvalue weighted by molar-refractivity contribution is 6.05. The maximum Gasteiger partial charge on any atom is 0.265 e. The van der Waals surface area contributed by atoms with Crippen LogP contribution in [0.1, 0.15) is 39.2 Å². The first-order chi connectivity index (χ1) is 14.3. The first-order valence-corrected chi connectivity index (χ1v) is 9.13. The number of hydrogen-bond donors (Lipinski definition) is 2. The summed E-state index contributed by atoms with van der Waals surface area (Å²) in [6, 6.07) is 7.49. The molecule has 0 radical (unpaired) electrons. The zero-order valence-corrected chi connectivity index (χ0v) is 16.3. The van der Waals surface area contributed by atoms with Gasteiger partial charge in [-0.1, -0.05) is 29.8 Å². The number of tetrazole rings is 1. The molecule has 3 aromatic heterocycles. The third-order valence-corrected chi connectivity index (χ3v) is 4.71. The molecule has 1 aromatic carbocycles. The minimum absolute atomic E-state index is 0.00897. The number of nitrogens with zero attached hydrogens (tertiary/aromatic N) is 6. The highest BCUT2D eigenvalue weighted by Crippen LogP contribution is 2.20. The third-order valence-electron chi connectivity index (χ3n) is 4.71. The predicted molar refractivity (Wildman–Crippen MR) is 105 cm³/mol. The number of primary amides is 1. The maximum atomic E-state index is 12.8. The lowest BCUT2D eigenvalue weighted by Gasteiger charge is -2.09. The van der Waals surface area contributed by atoms with E-state index in [1.165, 1.54) is 22.6 Å². The lowest BCUT2D eigenvalue weighted by molar-refractivity contribution is 0.1000. The molecule has 4 rings (SSSR count). The van der Waals surface area contributed by atoms with Crippen molar-refractivity contribution in [3.05, 3.63) is 69.2 Å². The zero-order valence-electron chi connectivity index (χ0n) is 16.3. The number of aliphatic hydroxyl groups excluding tert-OH is 1. The summed E-state index contributed by atoms with van der Waals surface area (Å²) in [4.78, 5) is 29.8. The average Bonchev–Trinajstić information content (AvgIpc) is 3.28. The van der Waals surface area contributed by atoms with Crippen molar-refractivity contribution >= 4 is 17.0 Å². The van der Waals surface area contributed by atoms with E-state index >= 15 is 0 Å². The molecule has 0 spiro atoms. The Morgan fingerprint density at radius 2 is 2.00 bits per heavy atom. The van der Waals surface area contributed by atoms with Crippen LogP contribution in [0.3, 0.4) is 0 Å². The fraction of sp³-hybridized carbons (Fsp3) is 0.263. The van der Waals surface area contributed by atoms with E-state index in [9.17, 15) is 14.7 Å². The van der Waals surface area contributed by atoms with Crippen LogP contribution in [0.15, 0.2) is 39.8 Å². The molecular weight excluding hydrogens is 390 g/mol. The van der Waals surface area contributed by atoms with E-state index in [0.717, 1.165) is 11.1 Å². The molecule has 0 aliphatic heterocycles. The SMILES string of the molecule is Cc1ccc([C@@H](O)Cn2nnc(Cn3cnc4oc(C)c(C(N)=O)c4c3=O)n2)cc1. The van der Waals surface area contributed by atoms with Gasteiger partial charge in [0, 0.05) is 0 Å². The van der Waals surface area contributed by atoms with Crippen molar-refractivity contribution in [3.8, 4) is 0 Å². The molecule has 3 N–H and O–H groups in total. The lowest BCUT2D eigenvalue weighted by atomic mass is 10.1. The predicted octanol–water partition coefficient (Wildman–Crippen LogP) is 0.474. The van der Waals surface area contributed by atoms with Gasteiger partial charge in [0.2, 0.25) is 5.71 Å². The highest BCUT2D eigenvalue weighted by atomic mass is 16.3. The third kappa shape index (κ3) is 3.57. The normalized spacial score (nSPS) is 12.4. The summed E-state index contributed by atoms with van der Waals surface area (Å²) in [5.74, 6) is -0.290. The van der Waals surface area contributed by atoms with Crippen molar-refractivity contribution in [2.45, 2.75) is 33.0 Å². The molecule has 0 saturated heterocycles. The van der Waals surface area contributed by atoms with Crippen molar-refractivity contribution in [1.82, 2.24) is 29.8 Å². The van der Waals surface area contributed by atoms with Gasteiger partial charge < -0.3 is 15.3 Å². The minimum Gasteiger partial charge on any atom is -0.442 e. The van der Waals surface area contributed by atoms with Gasteiger partial charge >= 0.3 is 0 Å². The molecular formula is C19H19N7O4. The van der Waals surface area contributed by atoms with Crippen LogP contribution in [0.25, 0.3) is 11.1 Å². The summed E-state index contributed by atoms with van der Waals surface area (Å²) in [6.45, 7) is 3.59. The number of amides is 1. The molecule has 0 aliphatic rings. The second-order valence-corrected chi connectivity index (χ2v) is 6.94. The summed E-state index contributed by atoms with van der Waals surface area (Å²) in [5.41, 5.74) is 6.75. The van der Waals surface area contributed by atoms with Gasteiger partial charge in [0.1, 0.15) is 23.6 Å². The average molecular weight is 409 g/mol. The summed E-state index contributed by atoms with van der Waals surface area (Å²) in [7, 11) is 0. The van der Waals surface area contributed by atoms with Gasteiger partial charge in [0.25, 0.3) is 11.5 Å². The number of aryl methyl sites for hydroxylation is 2. The van der Waals surface area contributed by atoms with Crippen LogP contribution in [0, 0.1) is 13.8 Å². The maximum absolute atomic E-state index is 12.8. The second-order valence-electron chi connectivity index (χ2n) is 6.94. The number of rotatable bonds is 6. The molecule has 0 fully saturated rings. The van der Waals surface area contributed by atoms with E-state index < -0.39 is 17.6 Å². The number of carbonyl (C=O) groups excluding carboxylic acids is 1. The van der Waals surface area contributed by atoms with Gasteiger partial charge in [-0.05, 0) is 24.6 Å². The first-order valence-electron chi connectivity index (χ1n) is 9.13. The van der Waals surface area contributed by atoms with Crippen LogP contribution in [0.4, 0.5) is 0 Å². The number of hydrogen-bond acceptors (Lipinski definition) is 8. The smallest absolute Gasteiger partial charge is 0.265 e. The van der Waals surface area contributed by atoms with E-state index in [2.05, 4.69) is 20.4 Å². The highest BCUT2D eigenvalue weighted by Gasteiger charge is 2.21. The van der Waals surface area contributed by atoms with E-state index in [0.29, 0.717) is 0 Å². The molecule has 30 heavy (non-hydrogen) atoms. The van der Waals surface area contributed by atoms with Crippen molar-refractivity contribution < 1.29 is 14.3 Å². The van der Waals surface area contributed by atoms with Gasteiger partial charge in [-0.3, -0.25) is 14.2 Å². The number of fused-ring (bicyclic) bond motifs is 1. The van der Waals surface area contributed by atoms with E-state index in [-0.39, 0.29) is 41.3 Å². The van der Waals surface area contributed by atoms with Crippen LogP contribution in [0.5, 0.6) is 0 Å². The molecule has 0 unspecified atom stereocenters. The Balaban J connectivity index is 1.56. The van der Waals surface area contributed by atoms with Crippen LogP contribution in [-0.2, 0) is 13.1 Å². The van der Waals surface area contributed by atoms with Gasteiger partial charge in [-0.2, -0.15) is 4.80 Å². The topological polar surface area (TPSA) is 155 Å². The Kier molecular flexibility index (Phi) is 4.88. The molecule has 3 heterocycles. The summed E-state index contributed by atoms with van der Waals surface area (Å²) >= 11 is 0. The van der Waals surface area contributed by atoms with Crippen molar-refractivity contribution in [1.29, 1.82) is 0 Å². The largest absolute Gasteiger partial charge is 0.442 e. The van der Waals surface area contributed by atoms with Crippen molar-refractivity contribution in [2.75, 3.05) is 0 Å². The Labute approximate surface area is 169 Å². The molecule has 0 saturated carbocycles. The molecule has 11 heteroatoms. The molecule has 11 nitrogen and oxygen atoms in total. The molecule has 0 bridgehead atoms. The number of nitrogens with two attached hydrogens (primary N) is 1. The quantitative estimate of drug-likeness (QED) is 0.466. The zero-order chi connectivity index (χ0) is 21.4. The summed E-state index contributed by atoms with van der Waals surface area (Å²) in [5, 5.41) is 22.4. The van der Waals surface area contributed by atoms with Crippen LogP contribution < -0.4 is 11.3 Å².